The van der Waals surface area contributed by atoms with Crippen LogP contribution in [0.25, 0.3) is 0 Å². The largest absolute Gasteiger partial charge is 0.477 e. The van der Waals surface area contributed by atoms with Crippen LogP contribution in [0.1, 0.15) is 23.0 Å². The van der Waals surface area contributed by atoms with Crippen molar-refractivity contribution in [2.24, 2.45) is 0 Å². The van der Waals surface area contributed by atoms with E-state index in [1.54, 1.807) is 17.7 Å². The Hall–Kier alpha value is -2.63. The summed E-state index contributed by atoms with van der Waals surface area (Å²) in [5, 5.41) is 16.3. The van der Waals surface area contributed by atoms with E-state index in [0.29, 0.717) is 11.8 Å². The van der Waals surface area contributed by atoms with Gasteiger partial charge in [-0.3, -0.25) is 0 Å². The standard InChI is InChI=1S/C14H14N4O2/c1-8-4-3-5-10(6-8)12-7-11(13(19)20)16-14-15-9(2)17-18(12)14/h3-7,12H,1-2H3,(H,19,20)(H,15,16,17). The summed E-state index contributed by atoms with van der Waals surface area (Å²) in [7, 11) is 0. The zero-order chi connectivity index (χ0) is 14.3. The lowest BCUT2D eigenvalue weighted by molar-refractivity contribution is -0.132. The first kappa shape index (κ1) is 12.4. The van der Waals surface area contributed by atoms with Crippen molar-refractivity contribution in [3.8, 4) is 0 Å². The molecular weight excluding hydrogens is 256 g/mol. The molecule has 1 aromatic heterocycles. The minimum absolute atomic E-state index is 0.122. The Kier molecular flexibility index (Phi) is 2.78. The van der Waals surface area contributed by atoms with Crippen LogP contribution >= 0.6 is 0 Å². The molecule has 0 saturated carbocycles. The summed E-state index contributed by atoms with van der Waals surface area (Å²) >= 11 is 0. The van der Waals surface area contributed by atoms with Crippen molar-refractivity contribution in [3.63, 3.8) is 0 Å². The molecule has 1 aliphatic rings. The van der Waals surface area contributed by atoms with Crippen LogP contribution in [-0.2, 0) is 4.79 Å². The van der Waals surface area contributed by atoms with E-state index in [0.717, 1.165) is 11.1 Å². The highest BCUT2D eigenvalue weighted by molar-refractivity contribution is 5.90. The number of hydrogen-bond acceptors (Lipinski definition) is 4. The Morgan fingerprint density at radius 1 is 1.40 bits per heavy atom. The summed E-state index contributed by atoms with van der Waals surface area (Å²) < 4.78 is 1.70. The van der Waals surface area contributed by atoms with Crippen molar-refractivity contribution < 1.29 is 9.90 Å². The molecule has 102 valence electrons. The molecule has 3 rings (SSSR count). The predicted molar refractivity (Wildman–Crippen MR) is 73.4 cm³/mol. The second-order valence-electron chi connectivity index (χ2n) is 4.80. The highest BCUT2D eigenvalue weighted by Crippen LogP contribution is 2.29. The SMILES string of the molecule is Cc1cccc(C2C=C(C(=O)O)Nc3nc(C)nn32)c1. The number of nitrogens with one attached hydrogen (secondary N) is 1. The number of carboxylic acids is 1. The van der Waals surface area contributed by atoms with Crippen molar-refractivity contribution in [1.29, 1.82) is 0 Å². The molecule has 0 saturated heterocycles. The smallest absolute Gasteiger partial charge is 0.352 e. The molecule has 1 aromatic carbocycles. The van der Waals surface area contributed by atoms with Crippen LogP contribution in [0, 0.1) is 13.8 Å². The lowest BCUT2D eigenvalue weighted by Gasteiger charge is -2.22. The van der Waals surface area contributed by atoms with Gasteiger partial charge in [-0.15, -0.1) is 0 Å². The van der Waals surface area contributed by atoms with Crippen LogP contribution in [0.15, 0.2) is 36.0 Å². The van der Waals surface area contributed by atoms with Crippen LogP contribution in [0.3, 0.4) is 0 Å². The van der Waals surface area contributed by atoms with Crippen molar-refractivity contribution in [2.75, 3.05) is 5.32 Å². The van der Waals surface area contributed by atoms with Gasteiger partial charge in [0.1, 0.15) is 17.6 Å². The molecule has 1 aliphatic heterocycles. The van der Waals surface area contributed by atoms with Crippen molar-refractivity contribution in [2.45, 2.75) is 19.9 Å². The van der Waals surface area contributed by atoms with Gasteiger partial charge in [-0.25, -0.2) is 9.48 Å². The first-order valence-electron chi connectivity index (χ1n) is 6.26. The quantitative estimate of drug-likeness (QED) is 0.871. The minimum atomic E-state index is -1.01. The van der Waals surface area contributed by atoms with Gasteiger partial charge >= 0.3 is 5.97 Å². The van der Waals surface area contributed by atoms with Gasteiger partial charge < -0.3 is 10.4 Å². The number of hydrogen-bond donors (Lipinski definition) is 2. The lowest BCUT2D eigenvalue weighted by atomic mass is 10.0. The molecule has 6 heteroatoms. The van der Waals surface area contributed by atoms with E-state index in [4.69, 9.17) is 0 Å². The van der Waals surface area contributed by atoms with Crippen molar-refractivity contribution in [3.05, 3.63) is 53.0 Å². The molecule has 2 aromatic rings. The number of carboxylic acid groups (broad SMARTS) is 1. The van der Waals surface area contributed by atoms with E-state index in [-0.39, 0.29) is 11.7 Å². The predicted octanol–water partition coefficient (Wildman–Crippen LogP) is 1.88. The number of allylic oxidation sites excluding steroid dienone is 1. The summed E-state index contributed by atoms with van der Waals surface area (Å²) in [6.07, 6.45) is 1.65. The number of anilines is 1. The zero-order valence-electron chi connectivity index (χ0n) is 11.2. The Morgan fingerprint density at radius 3 is 2.90 bits per heavy atom. The third-order valence-corrected chi connectivity index (χ3v) is 3.19. The number of carbonyl (C=O) groups is 1. The van der Waals surface area contributed by atoms with E-state index < -0.39 is 5.97 Å². The topological polar surface area (TPSA) is 80.0 Å². The molecule has 2 N–H and O–H groups in total. The summed E-state index contributed by atoms with van der Waals surface area (Å²) in [6, 6.07) is 7.66. The van der Waals surface area contributed by atoms with Gasteiger partial charge in [0.25, 0.3) is 0 Å². The summed E-state index contributed by atoms with van der Waals surface area (Å²) in [5.74, 6) is 0.0497. The minimum Gasteiger partial charge on any atom is -0.477 e. The lowest BCUT2D eigenvalue weighted by Crippen LogP contribution is -2.24. The summed E-state index contributed by atoms with van der Waals surface area (Å²) in [6.45, 7) is 3.78. The second-order valence-corrected chi connectivity index (χ2v) is 4.80. The first-order chi connectivity index (χ1) is 9.54. The van der Waals surface area contributed by atoms with E-state index in [9.17, 15) is 9.90 Å². The van der Waals surface area contributed by atoms with Gasteiger partial charge in [-0.2, -0.15) is 10.1 Å². The average Bonchev–Trinajstić information content (AvgIpc) is 2.77. The maximum atomic E-state index is 11.2. The Balaban J connectivity index is 2.14. The van der Waals surface area contributed by atoms with Crippen LogP contribution in [0.4, 0.5) is 5.95 Å². The molecule has 0 spiro atoms. The maximum absolute atomic E-state index is 11.2. The molecule has 2 heterocycles. The Labute approximate surface area is 115 Å². The number of nitrogens with zero attached hydrogens (tertiary/aromatic N) is 3. The second kappa shape index (κ2) is 4.48. The Bertz CT molecular complexity index is 718. The van der Waals surface area contributed by atoms with Gasteiger partial charge in [-0.05, 0) is 25.5 Å². The van der Waals surface area contributed by atoms with Crippen molar-refractivity contribution >= 4 is 11.9 Å². The fourth-order valence-electron chi connectivity index (χ4n) is 2.32. The number of aromatic nitrogens is 3. The van der Waals surface area contributed by atoms with Gasteiger partial charge in [0.2, 0.25) is 5.95 Å². The molecule has 0 aliphatic carbocycles. The van der Waals surface area contributed by atoms with Crippen LogP contribution in [0.5, 0.6) is 0 Å². The van der Waals surface area contributed by atoms with Gasteiger partial charge in [0.15, 0.2) is 0 Å². The third kappa shape index (κ3) is 2.05. The average molecular weight is 270 g/mol. The molecular formula is C14H14N4O2. The fourth-order valence-corrected chi connectivity index (χ4v) is 2.32. The number of benzene rings is 1. The first-order valence-corrected chi connectivity index (χ1v) is 6.26. The van der Waals surface area contributed by atoms with E-state index in [1.807, 2.05) is 31.2 Å². The maximum Gasteiger partial charge on any atom is 0.352 e. The molecule has 0 fully saturated rings. The van der Waals surface area contributed by atoms with E-state index >= 15 is 0 Å². The Morgan fingerprint density at radius 2 is 2.20 bits per heavy atom. The van der Waals surface area contributed by atoms with E-state index in [1.165, 1.54) is 0 Å². The highest BCUT2D eigenvalue weighted by atomic mass is 16.4. The van der Waals surface area contributed by atoms with Crippen LogP contribution < -0.4 is 5.32 Å². The summed E-state index contributed by atoms with van der Waals surface area (Å²) in [4.78, 5) is 15.4. The highest BCUT2D eigenvalue weighted by Gasteiger charge is 2.26. The van der Waals surface area contributed by atoms with Crippen LogP contribution in [-0.4, -0.2) is 25.8 Å². The normalized spacial score (nSPS) is 17.1. The number of aliphatic carboxylic acids is 1. The molecule has 0 radical (unpaired) electrons. The van der Waals surface area contributed by atoms with E-state index in [2.05, 4.69) is 15.4 Å². The van der Waals surface area contributed by atoms with Crippen molar-refractivity contribution in [1.82, 2.24) is 14.8 Å². The fraction of sp³-hybridized carbons (Fsp3) is 0.214. The number of fused-ring (bicyclic) bond motifs is 1. The summed E-state index contributed by atoms with van der Waals surface area (Å²) in [5.41, 5.74) is 2.22. The number of rotatable bonds is 2. The third-order valence-electron chi connectivity index (χ3n) is 3.19. The van der Waals surface area contributed by atoms with Gasteiger partial charge in [-0.1, -0.05) is 29.8 Å². The molecule has 20 heavy (non-hydrogen) atoms. The molecule has 0 bridgehead atoms. The monoisotopic (exact) mass is 270 g/mol. The molecule has 1 atom stereocenters. The number of aryl methyl sites for hydroxylation is 2. The molecule has 0 amide bonds. The van der Waals surface area contributed by atoms with Gasteiger partial charge in [0, 0.05) is 0 Å². The van der Waals surface area contributed by atoms with Gasteiger partial charge in [0.05, 0.1) is 0 Å². The molecule has 1 unspecified atom stereocenters. The van der Waals surface area contributed by atoms with Crippen LogP contribution in [0.2, 0.25) is 0 Å². The molecule has 6 nitrogen and oxygen atoms in total. The zero-order valence-corrected chi connectivity index (χ0v) is 11.2.